The fraction of sp³-hybridized carbons (Fsp3) is 0.909. The molecular weight excluding hydrogens is 192 g/mol. The van der Waals surface area contributed by atoms with Crippen LogP contribution in [0.5, 0.6) is 0 Å². The minimum Gasteiger partial charge on any atom is -0.305 e. The van der Waals surface area contributed by atoms with E-state index >= 15 is 0 Å². The maximum Gasteiger partial charge on any atom is 0.0666 e. The molecule has 2 unspecified atom stereocenters. The summed E-state index contributed by atoms with van der Waals surface area (Å²) >= 11 is 4.22. The standard InChI is InChI=1S/C11H22N2S/c1-10(5-7-14)4-6-13(3)9-11(2)8-12/h10-11,14H,4-7,9H2,1-3H3. The molecule has 0 aliphatic carbocycles. The van der Waals surface area contributed by atoms with Crippen LogP contribution in [-0.2, 0) is 0 Å². The summed E-state index contributed by atoms with van der Waals surface area (Å²) in [7, 11) is 2.08. The Morgan fingerprint density at radius 1 is 1.36 bits per heavy atom. The van der Waals surface area contributed by atoms with Gasteiger partial charge in [-0.25, -0.2) is 0 Å². The third-order valence-corrected chi connectivity index (χ3v) is 2.69. The third-order valence-electron chi connectivity index (χ3n) is 2.43. The van der Waals surface area contributed by atoms with Crippen LogP contribution < -0.4 is 0 Å². The Labute approximate surface area is 93.7 Å². The summed E-state index contributed by atoms with van der Waals surface area (Å²) in [6.07, 6.45) is 2.39. The topological polar surface area (TPSA) is 27.0 Å². The maximum atomic E-state index is 8.66. The monoisotopic (exact) mass is 214 g/mol. The van der Waals surface area contributed by atoms with Crippen molar-refractivity contribution in [3.63, 3.8) is 0 Å². The molecule has 0 aliphatic rings. The molecule has 0 radical (unpaired) electrons. The van der Waals surface area contributed by atoms with E-state index in [1.165, 1.54) is 12.8 Å². The van der Waals surface area contributed by atoms with Gasteiger partial charge in [0.05, 0.1) is 12.0 Å². The number of thiol groups is 1. The average molecular weight is 214 g/mol. The second-order valence-corrected chi connectivity index (χ2v) is 4.65. The molecule has 0 heterocycles. The number of rotatable bonds is 7. The van der Waals surface area contributed by atoms with Crippen molar-refractivity contribution in [1.29, 1.82) is 5.26 Å². The van der Waals surface area contributed by atoms with Gasteiger partial charge in [-0.1, -0.05) is 6.92 Å². The first-order valence-corrected chi connectivity index (χ1v) is 5.92. The number of hydrogen-bond donors (Lipinski definition) is 1. The molecule has 0 aromatic heterocycles. The van der Waals surface area contributed by atoms with E-state index in [-0.39, 0.29) is 5.92 Å². The van der Waals surface area contributed by atoms with Crippen molar-refractivity contribution in [2.24, 2.45) is 11.8 Å². The van der Waals surface area contributed by atoms with Crippen molar-refractivity contribution in [1.82, 2.24) is 4.90 Å². The molecular formula is C11H22N2S. The molecule has 14 heavy (non-hydrogen) atoms. The molecule has 0 aromatic carbocycles. The first-order valence-electron chi connectivity index (χ1n) is 5.29. The molecule has 0 aromatic rings. The van der Waals surface area contributed by atoms with Crippen molar-refractivity contribution in [2.45, 2.75) is 26.7 Å². The van der Waals surface area contributed by atoms with Gasteiger partial charge in [0, 0.05) is 6.54 Å². The summed E-state index contributed by atoms with van der Waals surface area (Å²) in [6.45, 7) is 6.19. The Balaban J connectivity index is 3.53. The molecule has 0 saturated heterocycles. The molecule has 0 amide bonds. The average Bonchev–Trinajstić information content (AvgIpc) is 2.15. The zero-order valence-electron chi connectivity index (χ0n) is 9.53. The Hall–Kier alpha value is -0.200. The van der Waals surface area contributed by atoms with Crippen LogP contribution >= 0.6 is 12.6 Å². The van der Waals surface area contributed by atoms with Gasteiger partial charge in [0.15, 0.2) is 0 Å². The van der Waals surface area contributed by atoms with E-state index in [2.05, 4.69) is 37.6 Å². The second-order valence-electron chi connectivity index (χ2n) is 4.20. The normalized spacial score (nSPS) is 15.1. The highest BCUT2D eigenvalue weighted by molar-refractivity contribution is 7.80. The lowest BCUT2D eigenvalue weighted by Crippen LogP contribution is -2.26. The molecule has 0 rings (SSSR count). The zero-order chi connectivity index (χ0) is 11.0. The van der Waals surface area contributed by atoms with Gasteiger partial charge < -0.3 is 4.90 Å². The van der Waals surface area contributed by atoms with Crippen LogP contribution in [0.15, 0.2) is 0 Å². The van der Waals surface area contributed by atoms with Crippen molar-refractivity contribution >= 4 is 12.6 Å². The van der Waals surface area contributed by atoms with Crippen LogP contribution in [0.4, 0.5) is 0 Å². The Morgan fingerprint density at radius 2 is 2.00 bits per heavy atom. The van der Waals surface area contributed by atoms with Crippen molar-refractivity contribution < 1.29 is 0 Å². The van der Waals surface area contributed by atoms with E-state index in [0.29, 0.717) is 0 Å². The summed E-state index contributed by atoms with van der Waals surface area (Å²) in [4.78, 5) is 2.24. The molecule has 0 N–H and O–H groups in total. The lowest BCUT2D eigenvalue weighted by molar-refractivity contribution is 0.285. The van der Waals surface area contributed by atoms with Crippen LogP contribution in [0.1, 0.15) is 26.7 Å². The van der Waals surface area contributed by atoms with Gasteiger partial charge in [-0.15, -0.1) is 0 Å². The Bertz CT molecular complexity index is 177. The van der Waals surface area contributed by atoms with Crippen LogP contribution in [0.2, 0.25) is 0 Å². The van der Waals surface area contributed by atoms with E-state index in [9.17, 15) is 0 Å². The maximum absolute atomic E-state index is 8.66. The Kier molecular flexibility index (Phi) is 8.02. The van der Waals surface area contributed by atoms with Gasteiger partial charge in [0.2, 0.25) is 0 Å². The van der Waals surface area contributed by atoms with E-state index in [0.717, 1.165) is 24.8 Å². The molecule has 0 fully saturated rings. The summed E-state index contributed by atoms with van der Waals surface area (Å²) in [5, 5.41) is 8.66. The van der Waals surface area contributed by atoms with Crippen molar-refractivity contribution in [3.05, 3.63) is 0 Å². The largest absolute Gasteiger partial charge is 0.305 e. The first-order chi connectivity index (χ1) is 6.60. The summed E-state index contributed by atoms with van der Waals surface area (Å²) in [5.74, 6) is 1.85. The fourth-order valence-electron chi connectivity index (χ4n) is 1.41. The van der Waals surface area contributed by atoms with Crippen molar-refractivity contribution in [3.8, 4) is 6.07 Å². The van der Waals surface area contributed by atoms with Gasteiger partial charge >= 0.3 is 0 Å². The molecule has 82 valence electrons. The van der Waals surface area contributed by atoms with Crippen molar-refractivity contribution in [2.75, 3.05) is 25.9 Å². The highest BCUT2D eigenvalue weighted by atomic mass is 32.1. The van der Waals surface area contributed by atoms with Crippen LogP contribution in [0.3, 0.4) is 0 Å². The number of nitrogens with zero attached hydrogens (tertiary/aromatic N) is 2. The molecule has 0 spiro atoms. The third kappa shape index (κ3) is 7.23. The summed E-state index contributed by atoms with van der Waals surface area (Å²) in [5.41, 5.74) is 0. The van der Waals surface area contributed by atoms with E-state index in [4.69, 9.17) is 5.26 Å². The van der Waals surface area contributed by atoms with E-state index < -0.39 is 0 Å². The minimum absolute atomic E-state index is 0.139. The molecule has 0 bridgehead atoms. The molecule has 0 aliphatic heterocycles. The lowest BCUT2D eigenvalue weighted by atomic mass is 10.0. The number of nitriles is 1. The van der Waals surface area contributed by atoms with E-state index in [1.807, 2.05) is 6.92 Å². The predicted molar refractivity (Wildman–Crippen MR) is 64.5 cm³/mol. The molecule has 2 nitrogen and oxygen atoms in total. The molecule has 3 heteroatoms. The van der Waals surface area contributed by atoms with Crippen LogP contribution in [0, 0.1) is 23.2 Å². The minimum atomic E-state index is 0.139. The smallest absolute Gasteiger partial charge is 0.0666 e. The fourth-order valence-corrected chi connectivity index (χ4v) is 1.85. The highest BCUT2D eigenvalue weighted by Gasteiger charge is 2.07. The predicted octanol–water partition coefficient (Wildman–Crippen LogP) is 2.42. The Morgan fingerprint density at radius 3 is 2.50 bits per heavy atom. The quantitative estimate of drug-likeness (QED) is 0.659. The lowest BCUT2D eigenvalue weighted by Gasteiger charge is -2.19. The van der Waals surface area contributed by atoms with Gasteiger partial charge in [0.25, 0.3) is 0 Å². The summed E-state index contributed by atoms with van der Waals surface area (Å²) < 4.78 is 0. The second kappa shape index (κ2) is 8.14. The van der Waals surface area contributed by atoms with Gasteiger partial charge in [0.1, 0.15) is 0 Å². The van der Waals surface area contributed by atoms with Crippen LogP contribution in [-0.4, -0.2) is 30.8 Å². The number of hydrogen-bond acceptors (Lipinski definition) is 3. The SMILES string of the molecule is CC(C#N)CN(C)CCC(C)CCS. The van der Waals surface area contributed by atoms with Crippen LogP contribution in [0.25, 0.3) is 0 Å². The zero-order valence-corrected chi connectivity index (χ0v) is 10.4. The molecule has 0 saturated carbocycles. The van der Waals surface area contributed by atoms with Gasteiger partial charge in [-0.2, -0.15) is 17.9 Å². The van der Waals surface area contributed by atoms with E-state index in [1.54, 1.807) is 0 Å². The van der Waals surface area contributed by atoms with Gasteiger partial charge in [-0.3, -0.25) is 0 Å². The molecule has 2 atom stereocenters. The highest BCUT2D eigenvalue weighted by Crippen LogP contribution is 2.09. The summed E-state index contributed by atoms with van der Waals surface area (Å²) in [6, 6.07) is 2.25. The van der Waals surface area contributed by atoms with Gasteiger partial charge in [-0.05, 0) is 45.0 Å². The first kappa shape index (κ1) is 13.8.